The number of fused-ring (bicyclic) bond motifs is 1. The largest absolute Gasteiger partial charge is 0.493 e. The molecular weight excluding hydrogens is 492 g/mol. The van der Waals surface area contributed by atoms with Crippen molar-refractivity contribution in [2.45, 2.75) is 51.1 Å². The Morgan fingerprint density at radius 1 is 1.24 bits per heavy atom. The number of aliphatic hydroxyl groups is 1. The van der Waals surface area contributed by atoms with Crippen molar-refractivity contribution in [2.24, 2.45) is 5.92 Å². The van der Waals surface area contributed by atoms with Crippen molar-refractivity contribution in [3.63, 3.8) is 0 Å². The second-order valence-corrected chi connectivity index (χ2v) is 9.82. The minimum absolute atomic E-state index is 0.0161. The van der Waals surface area contributed by atoms with Crippen LogP contribution in [0.2, 0.25) is 0 Å². The van der Waals surface area contributed by atoms with E-state index in [1.54, 1.807) is 24.5 Å². The number of imidazole rings is 1. The summed E-state index contributed by atoms with van der Waals surface area (Å²) >= 11 is 0. The number of benzene rings is 1. The maximum atomic E-state index is 13.4. The summed E-state index contributed by atoms with van der Waals surface area (Å²) in [6.07, 6.45) is 8.14. The third kappa shape index (κ3) is 6.21. The molecule has 0 radical (unpaired) electrons. The van der Waals surface area contributed by atoms with Crippen LogP contribution in [0.3, 0.4) is 0 Å². The molecule has 1 unspecified atom stereocenters. The van der Waals surface area contributed by atoms with E-state index in [-0.39, 0.29) is 37.8 Å². The Labute approximate surface area is 222 Å². The molecule has 1 fully saturated rings. The number of aliphatic carboxylic acids is 1. The number of carboxylic acids is 1. The molecule has 1 aromatic carbocycles. The molecule has 3 heterocycles. The van der Waals surface area contributed by atoms with E-state index in [1.165, 1.54) is 0 Å². The molecule has 4 rings (SSSR count). The minimum atomic E-state index is -0.902. The molecule has 38 heavy (non-hydrogen) atoms. The van der Waals surface area contributed by atoms with E-state index in [0.717, 1.165) is 18.4 Å². The number of hydrogen-bond acceptors (Lipinski definition) is 8. The first kappa shape index (κ1) is 27.7. The molecular formula is C27H38N4O7. The number of ether oxygens (including phenoxy) is 3. The number of nitrogens with zero attached hydrogens (tertiary/aromatic N) is 4. The SMILES string of the molecule is CCCCN(CCCO)C(=O)CN1C[C@H](c2cc(OC)c3c(c2)OCO3)C(C(=O)O)[C@@H]1CCn1ccnc1. The monoisotopic (exact) mass is 530 g/mol. The first-order valence-corrected chi connectivity index (χ1v) is 13.3. The number of hydrogen-bond donors (Lipinski definition) is 2. The van der Waals surface area contributed by atoms with Crippen LogP contribution in [0.1, 0.15) is 44.1 Å². The van der Waals surface area contributed by atoms with E-state index in [0.29, 0.717) is 56.3 Å². The van der Waals surface area contributed by atoms with Crippen LogP contribution in [0.15, 0.2) is 30.9 Å². The van der Waals surface area contributed by atoms with Gasteiger partial charge in [-0.15, -0.1) is 0 Å². The standard InChI is InChI=1S/C27H38N4O7/c1-3-4-8-30(9-5-12-32)24(33)16-31-15-20(19-13-22(36-2)26-23(14-19)37-18-38-26)25(27(34)35)21(31)6-10-29-11-7-28-17-29/h7,11,13-14,17,20-21,25,32H,3-6,8-10,12,15-16,18H2,1-2H3,(H,34,35)/t20-,21+,25?/m1/s1. The predicted molar refractivity (Wildman–Crippen MR) is 138 cm³/mol. The summed E-state index contributed by atoms with van der Waals surface area (Å²) in [5.74, 6) is -0.523. The third-order valence-electron chi connectivity index (χ3n) is 7.44. The van der Waals surface area contributed by atoms with E-state index in [2.05, 4.69) is 11.9 Å². The molecule has 3 atom stereocenters. The van der Waals surface area contributed by atoms with Gasteiger partial charge in [0.25, 0.3) is 0 Å². The number of aryl methyl sites for hydroxylation is 1. The predicted octanol–water partition coefficient (Wildman–Crippen LogP) is 2.19. The number of methoxy groups -OCH3 is 1. The minimum Gasteiger partial charge on any atom is -0.493 e. The van der Waals surface area contributed by atoms with Crippen LogP contribution in [0.25, 0.3) is 0 Å². The van der Waals surface area contributed by atoms with Gasteiger partial charge in [-0.1, -0.05) is 13.3 Å². The van der Waals surface area contributed by atoms with E-state index in [9.17, 15) is 19.8 Å². The Morgan fingerprint density at radius 3 is 2.74 bits per heavy atom. The molecule has 11 heteroatoms. The van der Waals surface area contributed by atoms with Gasteiger partial charge in [-0.05, 0) is 37.0 Å². The van der Waals surface area contributed by atoms with Crippen molar-refractivity contribution in [3.05, 3.63) is 36.4 Å². The summed E-state index contributed by atoms with van der Waals surface area (Å²) in [4.78, 5) is 34.1. The van der Waals surface area contributed by atoms with Crippen molar-refractivity contribution in [2.75, 3.05) is 46.7 Å². The lowest BCUT2D eigenvalue weighted by Crippen LogP contribution is -2.45. The van der Waals surface area contributed by atoms with Crippen molar-refractivity contribution < 1.29 is 34.0 Å². The van der Waals surface area contributed by atoms with Crippen molar-refractivity contribution in [1.82, 2.24) is 19.4 Å². The van der Waals surface area contributed by atoms with Gasteiger partial charge in [0.2, 0.25) is 18.4 Å². The van der Waals surface area contributed by atoms with Gasteiger partial charge in [0.05, 0.1) is 25.9 Å². The highest BCUT2D eigenvalue weighted by Gasteiger charge is 2.47. The van der Waals surface area contributed by atoms with Crippen LogP contribution >= 0.6 is 0 Å². The van der Waals surface area contributed by atoms with Crippen molar-refractivity contribution in [1.29, 1.82) is 0 Å². The fourth-order valence-electron chi connectivity index (χ4n) is 5.50. The Bertz CT molecular complexity index is 1070. The number of carbonyl (C=O) groups excluding carboxylic acids is 1. The van der Waals surface area contributed by atoms with Gasteiger partial charge in [0.15, 0.2) is 11.5 Å². The molecule has 0 spiro atoms. The number of amides is 1. The maximum absolute atomic E-state index is 13.4. The molecule has 1 amide bonds. The first-order valence-electron chi connectivity index (χ1n) is 13.3. The quantitative estimate of drug-likeness (QED) is 0.378. The summed E-state index contributed by atoms with van der Waals surface area (Å²) in [5, 5.41) is 19.8. The van der Waals surface area contributed by atoms with E-state index < -0.39 is 11.9 Å². The lowest BCUT2D eigenvalue weighted by atomic mass is 9.84. The molecule has 1 aromatic heterocycles. The number of carboxylic acid groups (broad SMARTS) is 1. The number of aliphatic hydroxyl groups excluding tert-OH is 1. The van der Waals surface area contributed by atoms with Crippen molar-refractivity contribution in [3.8, 4) is 17.2 Å². The van der Waals surface area contributed by atoms with Crippen molar-refractivity contribution >= 4 is 11.9 Å². The zero-order valence-corrected chi connectivity index (χ0v) is 22.1. The van der Waals surface area contributed by atoms with Crippen LogP contribution in [0.4, 0.5) is 0 Å². The van der Waals surface area contributed by atoms with Crippen LogP contribution in [-0.2, 0) is 16.1 Å². The zero-order valence-electron chi connectivity index (χ0n) is 22.1. The molecule has 1 saturated heterocycles. The van der Waals surface area contributed by atoms with Gasteiger partial charge >= 0.3 is 5.97 Å². The maximum Gasteiger partial charge on any atom is 0.308 e. The second-order valence-electron chi connectivity index (χ2n) is 9.82. The Morgan fingerprint density at radius 2 is 2.05 bits per heavy atom. The average molecular weight is 531 g/mol. The average Bonchev–Trinajstić information content (AvgIpc) is 3.67. The Balaban J connectivity index is 1.62. The van der Waals surface area contributed by atoms with Gasteiger partial charge in [-0.3, -0.25) is 14.5 Å². The van der Waals surface area contributed by atoms with Crippen LogP contribution < -0.4 is 14.2 Å². The van der Waals surface area contributed by atoms with Gasteiger partial charge in [-0.25, -0.2) is 4.98 Å². The molecule has 2 aliphatic rings. The number of likely N-dealkylation sites (tertiary alicyclic amines) is 1. The topological polar surface area (TPSA) is 127 Å². The molecule has 2 aliphatic heterocycles. The molecule has 208 valence electrons. The number of unbranched alkanes of at least 4 members (excludes halogenated alkanes) is 1. The molecule has 2 aromatic rings. The summed E-state index contributed by atoms with van der Waals surface area (Å²) in [5.41, 5.74) is 0.782. The Hall–Kier alpha value is -3.31. The van der Waals surface area contributed by atoms with Gasteiger partial charge in [0.1, 0.15) is 0 Å². The summed E-state index contributed by atoms with van der Waals surface area (Å²) in [6, 6.07) is 3.28. The second kappa shape index (κ2) is 13.0. The highest BCUT2D eigenvalue weighted by molar-refractivity contribution is 5.79. The van der Waals surface area contributed by atoms with Gasteiger partial charge in [-0.2, -0.15) is 0 Å². The normalized spacial score (nSPS) is 20.6. The fraction of sp³-hybridized carbons (Fsp3) is 0.593. The van der Waals surface area contributed by atoms with E-state index >= 15 is 0 Å². The zero-order chi connectivity index (χ0) is 27.1. The highest BCUT2D eigenvalue weighted by Crippen LogP contribution is 2.47. The molecule has 11 nitrogen and oxygen atoms in total. The van der Waals surface area contributed by atoms with E-state index in [4.69, 9.17) is 14.2 Å². The molecule has 2 N–H and O–H groups in total. The number of rotatable bonds is 14. The molecule has 0 saturated carbocycles. The summed E-state index contributed by atoms with van der Waals surface area (Å²) < 4.78 is 18.6. The first-order chi connectivity index (χ1) is 18.5. The van der Waals surface area contributed by atoms with Crippen LogP contribution in [0.5, 0.6) is 17.2 Å². The summed E-state index contributed by atoms with van der Waals surface area (Å²) in [7, 11) is 1.54. The molecule has 0 bridgehead atoms. The third-order valence-corrected chi connectivity index (χ3v) is 7.44. The number of aromatic nitrogens is 2. The van der Waals surface area contributed by atoms with E-state index in [1.807, 2.05) is 27.8 Å². The number of carbonyl (C=O) groups is 2. The smallest absolute Gasteiger partial charge is 0.308 e. The Kier molecular flexibility index (Phi) is 9.46. The lowest BCUT2D eigenvalue weighted by molar-refractivity contribution is -0.144. The summed E-state index contributed by atoms with van der Waals surface area (Å²) in [6.45, 7) is 4.37. The van der Waals surface area contributed by atoms with Crippen LogP contribution in [0, 0.1) is 5.92 Å². The van der Waals surface area contributed by atoms with Crippen LogP contribution in [-0.4, -0.2) is 94.2 Å². The van der Waals surface area contributed by atoms with Gasteiger partial charge < -0.3 is 33.9 Å². The fourth-order valence-corrected chi connectivity index (χ4v) is 5.50. The van der Waals surface area contributed by atoms with Gasteiger partial charge in [0, 0.05) is 57.1 Å². The lowest BCUT2D eigenvalue weighted by Gasteiger charge is -2.29. The highest BCUT2D eigenvalue weighted by atomic mass is 16.7. The molecule has 0 aliphatic carbocycles.